The molecule has 1 fully saturated rings. The fraction of sp³-hybridized carbons (Fsp3) is 0.562. The van der Waals surface area contributed by atoms with Gasteiger partial charge in [0.1, 0.15) is 0 Å². The molecule has 1 aliphatic heterocycles. The first-order valence-corrected chi connectivity index (χ1v) is 9.65. The van der Waals surface area contributed by atoms with Crippen molar-refractivity contribution in [3.63, 3.8) is 0 Å². The SMILES string of the molecule is CN=C(NCCS(=O)(=O)N1CCOCC1)N(C)Cc1ccccc1. The second-order valence-corrected chi connectivity index (χ2v) is 7.73. The smallest absolute Gasteiger partial charge is 0.215 e. The van der Waals surface area contributed by atoms with Crippen LogP contribution in [0.2, 0.25) is 0 Å². The summed E-state index contributed by atoms with van der Waals surface area (Å²) in [6, 6.07) is 10.1. The Labute approximate surface area is 144 Å². The predicted molar refractivity (Wildman–Crippen MR) is 95.4 cm³/mol. The molecule has 0 saturated carbocycles. The lowest BCUT2D eigenvalue weighted by Crippen LogP contribution is -2.45. The molecule has 134 valence electrons. The van der Waals surface area contributed by atoms with E-state index in [1.165, 1.54) is 9.87 Å². The van der Waals surface area contributed by atoms with Crippen LogP contribution in [0.4, 0.5) is 0 Å². The van der Waals surface area contributed by atoms with Gasteiger partial charge in [0.25, 0.3) is 0 Å². The summed E-state index contributed by atoms with van der Waals surface area (Å²) in [6.45, 7) is 2.83. The van der Waals surface area contributed by atoms with Gasteiger partial charge in [0.05, 0.1) is 19.0 Å². The van der Waals surface area contributed by atoms with E-state index in [9.17, 15) is 8.42 Å². The van der Waals surface area contributed by atoms with Gasteiger partial charge in [0, 0.05) is 40.3 Å². The van der Waals surface area contributed by atoms with Crippen LogP contribution in [0.25, 0.3) is 0 Å². The van der Waals surface area contributed by atoms with Crippen molar-refractivity contribution in [3.05, 3.63) is 35.9 Å². The summed E-state index contributed by atoms with van der Waals surface area (Å²) in [5, 5.41) is 3.12. The summed E-state index contributed by atoms with van der Waals surface area (Å²) >= 11 is 0. The Bertz CT molecular complexity index is 628. The minimum Gasteiger partial charge on any atom is -0.379 e. The van der Waals surface area contributed by atoms with Gasteiger partial charge in [-0.3, -0.25) is 4.99 Å². The third kappa shape index (κ3) is 5.47. The molecule has 1 saturated heterocycles. The zero-order chi connectivity index (χ0) is 17.4. The molecule has 7 nitrogen and oxygen atoms in total. The van der Waals surface area contributed by atoms with Crippen LogP contribution < -0.4 is 5.32 Å². The lowest BCUT2D eigenvalue weighted by Gasteiger charge is -2.27. The number of morpholine rings is 1. The molecule has 8 heteroatoms. The van der Waals surface area contributed by atoms with Crippen LogP contribution in [0.1, 0.15) is 5.56 Å². The molecule has 1 heterocycles. The molecule has 0 unspecified atom stereocenters. The number of hydrogen-bond donors (Lipinski definition) is 1. The van der Waals surface area contributed by atoms with Gasteiger partial charge in [-0.2, -0.15) is 4.31 Å². The average molecular weight is 354 g/mol. The lowest BCUT2D eigenvalue weighted by molar-refractivity contribution is 0.0730. The van der Waals surface area contributed by atoms with Crippen LogP contribution in [0.15, 0.2) is 35.3 Å². The third-order valence-electron chi connectivity index (χ3n) is 3.84. The second-order valence-electron chi connectivity index (χ2n) is 5.64. The first-order valence-electron chi connectivity index (χ1n) is 8.04. The number of nitrogens with one attached hydrogen (secondary N) is 1. The van der Waals surface area contributed by atoms with Crippen molar-refractivity contribution >= 4 is 16.0 Å². The summed E-state index contributed by atoms with van der Waals surface area (Å²) in [7, 11) is 0.370. The number of guanidine groups is 1. The molecule has 0 aromatic heterocycles. The molecule has 0 aliphatic carbocycles. The van der Waals surface area contributed by atoms with E-state index < -0.39 is 10.0 Å². The second kappa shape index (κ2) is 9.00. The Morgan fingerprint density at radius 3 is 2.58 bits per heavy atom. The number of ether oxygens (including phenoxy) is 1. The fourth-order valence-corrected chi connectivity index (χ4v) is 3.89. The van der Waals surface area contributed by atoms with Crippen molar-refractivity contribution in [1.82, 2.24) is 14.5 Å². The highest BCUT2D eigenvalue weighted by molar-refractivity contribution is 7.89. The predicted octanol–water partition coefficient (Wildman–Crippen LogP) is 0.356. The van der Waals surface area contributed by atoms with E-state index in [0.29, 0.717) is 45.4 Å². The number of hydrogen-bond acceptors (Lipinski definition) is 4. The standard InChI is InChI=1S/C16H26N4O3S/c1-17-16(19(2)14-15-6-4-3-5-7-15)18-8-13-24(21,22)20-9-11-23-12-10-20/h3-7H,8-14H2,1-2H3,(H,17,18). The van der Waals surface area contributed by atoms with Crippen molar-refractivity contribution < 1.29 is 13.2 Å². The zero-order valence-corrected chi connectivity index (χ0v) is 15.1. The van der Waals surface area contributed by atoms with Crippen molar-refractivity contribution in [3.8, 4) is 0 Å². The van der Waals surface area contributed by atoms with Gasteiger partial charge in [-0.15, -0.1) is 0 Å². The monoisotopic (exact) mass is 354 g/mol. The molecule has 0 radical (unpaired) electrons. The van der Waals surface area contributed by atoms with Crippen molar-refractivity contribution in [2.45, 2.75) is 6.54 Å². The number of rotatable bonds is 6. The Balaban J connectivity index is 1.82. The Morgan fingerprint density at radius 2 is 1.96 bits per heavy atom. The molecule has 1 aromatic carbocycles. The van der Waals surface area contributed by atoms with Gasteiger partial charge >= 0.3 is 0 Å². The minimum atomic E-state index is -3.25. The summed E-state index contributed by atoms with van der Waals surface area (Å²) in [4.78, 5) is 6.19. The van der Waals surface area contributed by atoms with Crippen LogP contribution in [0.3, 0.4) is 0 Å². The molecule has 0 spiro atoms. The average Bonchev–Trinajstić information content (AvgIpc) is 2.60. The first-order chi connectivity index (χ1) is 11.5. The summed E-state index contributed by atoms with van der Waals surface area (Å²) in [5.74, 6) is 0.724. The molecule has 1 aromatic rings. The maximum atomic E-state index is 12.3. The quantitative estimate of drug-likeness (QED) is 0.590. The van der Waals surface area contributed by atoms with Crippen LogP contribution in [-0.2, 0) is 21.3 Å². The maximum absolute atomic E-state index is 12.3. The molecule has 24 heavy (non-hydrogen) atoms. The first kappa shape index (κ1) is 18.7. The number of sulfonamides is 1. The van der Waals surface area contributed by atoms with Gasteiger partial charge in [0.15, 0.2) is 5.96 Å². The highest BCUT2D eigenvalue weighted by Crippen LogP contribution is 2.05. The van der Waals surface area contributed by atoms with Gasteiger partial charge in [-0.25, -0.2) is 8.42 Å². The van der Waals surface area contributed by atoms with Crippen LogP contribution in [-0.4, -0.2) is 76.3 Å². The van der Waals surface area contributed by atoms with Gasteiger partial charge in [-0.05, 0) is 5.56 Å². The zero-order valence-electron chi connectivity index (χ0n) is 14.3. The molecular formula is C16H26N4O3S. The molecule has 2 rings (SSSR count). The fourth-order valence-electron chi connectivity index (χ4n) is 2.56. The summed E-state index contributed by atoms with van der Waals surface area (Å²) < 4.78 is 31.3. The normalized spacial score (nSPS) is 16.8. The third-order valence-corrected chi connectivity index (χ3v) is 5.71. The Kier molecular flexibility index (Phi) is 7.01. The molecular weight excluding hydrogens is 328 g/mol. The van der Waals surface area contributed by atoms with Crippen LogP contribution in [0, 0.1) is 0 Å². The summed E-state index contributed by atoms with van der Waals surface area (Å²) in [6.07, 6.45) is 0. The van der Waals surface area contributed by atoms with E-state index in [2.05, 4.69) is 10.3 Å². The van der Waals surface area contributed by atoms with Crippen molar-refractivity contribution in [2.75, 3.05) is 52.7 Å². The topological polar surface area (TPSA) is 74.2 Å². The van der Waals surface area contributed by atoms with Crippen LogP contribution in [0.5, 0.6) is 0 Å². The van der Waals surface area contributed by atoms with Gasteiger partial charge in [0.2, 0.25) is 10.0 Å². The largest absolute Gasteiger partial charge is 0.379 e. The number of aliphatic imine (C=N–C) groups is 1. The van der Waals surface area contributed by atoms with Gasteiger partial charge < -0.3 is 15.0 Å². The Hall–Kier alpha value is -1.64. The maximum Gasteiger partial charge on any atom is 0.215 e. The molecule has 1 aliphatic rings. The molecule has 0 atom stereocenters. The lowest BCUT2D eigenvalue weighted by atomic mass is 10.2. The summed E-state index contributed by atoms with van der Waals surface area (Å²) in [5.41, 5.74) is 1.17. The number of nitrogens with zero attached hydrogens (tertiary/aromatic N) is 3. The van der Waals surface area contributed by atoms with E-state index in [4.69, 9.17) is 4.74 Å². The van der Waals surface area contributed by atoms with Crippen LogP contribution >= 0.6 is 0 Å². The minimum absolute atomic E-state index is 0.0468. The van der Waals surface area contributed by atoms with Crippen molar-refractivity contribution in [1.29, 1.82) is 0 Å². The van der Waals surface area contributed by atoms with Gasteiger partial charge in [-0.1, -0.05) is 30.3 Å². The number of benzene rings is 1. The van der Waals surface area contributed by atoms with E-state index in [0.717, 1.165) is 0 Å². The van der Waals surface area contributed by atoms with Crippen molar-refractivity contribution in [2.24, 2.45) is 4.99 Å². The van der Waals surface area contributed by atoms with E-state index in [1.54, 1.807) is 7.05 Å². The highest BCUT2D eigenvalue weighted by Gasteiger charge is 2.23. The van der Waals surface area contributed by atoms with E-state index in [-0.39, 0.29) is 5.75 Å². The Morgan fingerprint density at radius 1 is 1.29 bits per heavy atom. The molecule has 1 N–H and O–H groups in total. The van der Waals surface area contributed by atoms with E-state index in [1.807, 2.05) is 42.3 Å². The molecule has 0 bridgehead atoms. The highest BCUT2D eigenvalue weighted by atomic mass is 32.2. The molecule has 0 amide bonds. The van der Waals surface area contributed by atoms with E-state index >= 15 is 0 Å².